The number of carbonyl (C=O) groups is 2. The maximum absolute atomic E-state index is 11.7. The fraction of sp³-hybridized carbons (Fsp3) is 0.429. The zero-order chi connectivity index (χ0) is 14.6. The van der Waals surface area contributed by atoms with Crippen molar-refractivity contribution in [2.75, 3.05) is 17.6 Å². The first-order valence-corrected chi connectivity index (χ1v) is 6.14. The zero-order valence-electron chi connectivity index (χ0n) is 11.8. The van der Waals surface area contributed by atoms with Gasteiger partial charge in [0.05, 0.1) is 6.54 Å². The Hall–Kier alpha value is -2.04. The molecule has 4 N–H and O–H groups in total. The molecule has 104 valence electrons. The third-order valence-corrected chi connectivity index (χ3v) is 2.63. The summed E-state index contributed by atoms with van der Waals surface area (Å²) in [4.78, 5) is 23.4. The van der Waals surface area contributed by atoms with Crippen LogP contribution in [0.5, 0.6) is 0 Å². The van der Waals surface area contributed by atoms with Crippen LogP contribution in [-0.2, 0) is 9.59 Å². The second kappa shape index (κ2) is 5.73. The van der Waals surface area contributed by atoms with Crippen LogP contribution < -0.4 is 16.4 Å². The van der Waals surface area contributed by atoms with Gasteiger partial charge in [0.15, 0.2) is 0 Å². The number of benzene rings is 1. The molecule has 0 saturated carbocycles. The molecule has 0 bridgehead atoms. The van der Waals surface area contributed by atoms with Gasteiger partial charge in [-0.3, -0.25) is 9.59 Å². The van der Waals surface area contributed by atoms with Crippen molar-refractivity contribution >= 4 is 23.2 Å². The Morgan fingerprint density at radius 2 is 1.89 bits per heavy atom. The molecule has 0 aliphatic rings. The molecule has 1 aromatic carbocycles. The topological polar surface area (TPSA) is 84.2 Å². The first-order chi connectivity index (χ1) is 8.70. The van der Waals surface area contributed by atoms with E-state index in [1.54, 1.807) is 32.9 Å². The standard InChI is InChI=1S/C14H21N3O2/c1-9-5-6-10(15)7-11(9)17-12(18)8-16-13(19)14(2,3)4/h5-7H,8,15H2,1-4H3,(H,16,19)(H,17,18). The quantitative estimate of drug-likeness (QED) is 0.725. The van der Waals surface area contributed by atoms with E-state index in [0.29, 0.717) is 11.4 Å². The number of anilines is 2. The fourth-order valence-corrected chi connectivity index (χ4v) is 1.39. The Bertz CT molecular complexity index is 490. The number of nitrogens with one attached hydrogen (secondary N) is 2. The second-order valence-corrected chi connectivity index (χ2v) is 5.56. The van der Waals surface area contributed by atoms with Crippen molar-refractivity contribution in [3.8, 4) is 0 Å². The van der Waals surface area contributed by atoms with Crippen LogP contribution in [-0.4, -0.2) is 18.4 Å². The van der Waals surface area contributed by atoms with E-state index in [0.717, 1.165) is 5.56 Å². The lowest BCUT2D eigenvalue weighted by Gasteiger charge is -2.17. The highest BCUT2D eigenvalue weighted by Crippen LogP contribution is 2.18. The van der Waals surface area contributed by atoms with Crippen molar-refractivity contribution in [2.45, 2.75) is 27.7 Å². The minimum atomic E-state index is -0.507. The van der Waals surface area contributed by atoms with Crippen LogP contribution in [0.4, 0.5) is 11.4 Å². The van der Waals surface area contributed by atoms with Gasteiger partial charge < -0.3 is 16.4 Å². The van der Waals surface area contributed by atoms with Crippen LogP contribution >= 0.6 is 0 Å². The van der Waals surface area contributed by atoms with Gasteiger partial charge in [0.25, 0.3) is 0 Å². The lowest BCUT2D eigenvalue weighted by atomic mass is 9.96. The second-order valence-electron chi connectivity index (χ2n) is 5.56. The van der Waals surface area contributed by atoms with Crippen molar-refractivity contribution in [3.05, 3.63) is 23.8 Å². The predicted molar refractivity (Wildman–Crippen MR) is 76.7 cm³/mol. The molecule has 1 rings (SSSR count). The van der Waals surface area contributed by atoms with Gasteiger partial charge >= 0.3 is 0 Å². The number of amides is 2. The molecule has 0 radical (unpaired) electrons. The van der Waals surface area contributed by atoms with E-state index in [4.69, 9.17) is 5.73 Å². The van der Waals surface area contributed by atoms with Gasteiger partial charge in [-0.25, -0.2) is 0 Å². The number of rotatable bonds is 3. The summed E-state index contributed by atoms with van der Waals surface area (Å²) in [6.07, 6.45) is 0. The van der Waals surface area contributed by atoms with Crippen LogP contribution in [0.2, 0.25) is 0 Å². The number of nitrogens with two attached hydrogens (primary N) is 1. The number of nitrogen functional groups attached to an aromatic ring is 1. The number of hydrogen-bond donors (Lipinski definition) is 3. The summed E-state index contributed by atoms with van der Waals surface area (Å²) in [5, 5.41) is 5.32. The summed E-state index contributed by atoms with van der Waals surface area (Å²) in [6.45, 7) is 7.21. The molecule has 5 heteroatoms. The van der Waals surface area contributed by atoms with E-state index >= 15 is 0 Å². The molecule has 0 atom stereocenters. The van der Waals surface area contributed by atoms with E-state index in [-0.39, 0.29) is 18.4 Å². The molecule has 19 heavy (non-hydrogen) atoms. The number of aryl methyl sites for hydroxylation is 1. The van der Waals surface area contributed by atoms with E-state index < -0.39 is 5.41 Å². The highest BCUT2D eigenvalue weighted by Gasteiger charge is 2.21. The number of carbonyl (C=O) groups excluding carboxylic acids is 2. The minimum Gasteiger partial charge on any atom is -0.399 e. The van der Waals surface area contributed by atoms with E-state index in [9.17, 15) is 9.59 Å². The van der Waals surface area contributed by atoms with Crippen LogP contribution in [0.3, 0.4) is 0 Å². The Morgan fingerprint density at radius 1 is 1.26 bits per heavy atom. The van der Waals surface area contributed by atoms with Crippen molar-refractivity contribution < 1.29 is 9.59 Å². The molecule has 0 fully saturated rings. The molecule has 0 aliphatic carbocycles. The summed E-state index contributed by atoms with van der Waals surface area (Å²) in [5.74, 6) is -0.432. The highest BCUT2D eigenvalue weighted by atomic mass is 16.2. The third-order valence-electron chi connectivity index (χ3n) is 2.63. The Morgan fingerprint density at radius 3 is 2.47 bits per heavy atom. The highest BCUT2D eigenvalue weighted by molar-refractivity contribution is 5.96. The van der Waals surface area contributed by atoms with Gasteiger partial charge in [0, 0.05) is 16.8 Å². The summed E-state index contributed by atoms with van der Waals surface area (Å²) in [6, 6.07) is 5.30. The predicted octanol–water partition coefficient (Wildman–Crippen LogP) is 1.68. The van der Waals surface area contributed by atoms with Crippen molar-refractivity contribution in [3.63, 3.8) is 0 Å². The first-order valence-electron chi connectivity index (χ1n) is 6.14. The molecule has 0 aromatic heterocycles. The van der Waals surface area contributed by atoms with Crippen molar-refractivity contribution in [2.24, 2.45) is 5.41 Å². The molecule has 0 aliphatic heterocycles. The monoisotopic (exact) mass is 263 g/mol. The van der Waals surface area contributed by atoms with Gasteiger partial charge in [-0.05, 0) is 24.6 Å². The molecule has 0 saturated heterocycles. The van der Waals surface area contributed by atoms with Gasteiger partial charge in [0.1, 0.15) is 0 Å². The van der Waals surface area contributed by atoms with Crippen LogP contribution in [0.25, 0.3) is 0 Å². The van der Waals surface area contributed by atoms with Gasteiger partial charge in [-0.1, -0.05) is 26.8 Å². The largest absolute Gasteiger partial charge is 0.399 e. The Balaban J connectivity index is 2.57. The van der Waals surface area contributed by atoms with Crippen molar-refractivity contribution in [1.29, 1.82) is 0 Å². The minimum absolute atomic E-state index is 0.0512. The summed E-state index contributed by atoms with van der Waals surface area (Å²) in [5.41, 5.74) is 7.32. The smallest absolute Gasteiger partial charge is 0.243 e. The van der Waals surface area contributed by atoms with E-state index in [2.05, 4.69) is 10.6 Å². The Labute approximate surface area is 113 Å². The molecule has 2 amide bonds. The zero-order valence-corrected chi connectivity index (χ0v) is 11.8. The SMILES string of the molecule is Cc1ccc(N)cc1NC(=O)CNC(=O)C(C)(C)C. The molecule has 0 unspecified atom stereocenters. The normalized spacial score (nSPS) is 10.9. The molecule has 1 aromatic rings. The maximum Gasteiger partial charge on any atom is 0.243 e. The van der Waals surface area contributed by atoms with Crippen LogP contribution in [0, 0.1) is 12.3 Å². The van der Waals surface area contributed by atoms with Gasteiger partial charge in [0.2, 0.25) is 11.8 Å². The average molecular weight is 263 g/mol. The van der Waals surface area contributed by atoms with Crippen LogP contribution in [0.15, 0.2) is 18.2 Å². The lowest BCUT2D eigenvalue weighted by molar-refractivity contribution is -0.130. The summed E-state index contributed by atoms with van der Waals surface area (Å²) < 4.78 is 0. The lowest BCUT2D eigenvalue weighted by Crippen LogP contribution is -2.39. The van der Waals surface area contributed by atoms with Gasteiger partial charge in [-0.15, -0.1) is 0 Å². The van der Waals surface area contributed by atoms with Crippen molar-refractivity contribution in [1.82, 2.24) is 5.32 Å². The van der Waals surface area contributed by atoms with Gasteiger partial charge in [-0.2, -0.15) is 0 Å². The molecular formula is C14H21N3O2. The first kappa shape index (κ1) is 15.0. The Kier molecular flexibility index (Phi) is 4.53. The fourth-order valence-electron chi connectivity index (χ4n) is 1.39. The summed E-state index contributed by atoms with van der Waals surface area (Å²) >= 11 is 0. The molecule has 5 nitrogen and oxygen atoms in total. The van der Waals surface area contributed by atoms with E-state index in [1.807, 2.05) is 13.0 Å². The summed E-state index contributed by atoms with van der Waals surface area (Å²) in [7, 11) is 0. The average Bonchev–Trinajstić information content (AvgIpc) is 2.29. The maximum atomic E-state index is 11.7. The van der Waals surface area contributed by atoms with Crippen LogP contribution in [0.1, 0.15) is 26.3 Å². The third kappa shape index (κ3) is 4.62. The van der Waals surface area contributed by atoms with E-state index in [1.165, 1.54) is 0 Å². The molecular weight excluding hydrogens is 242 g/mol. The number of hydrogen-bond acceptors (Lipinski definition) is 3. The molecule has 0 heterocycles. The molecule has 0 spiro atoms.